The number of nitrogens with zero attached hydrogens (tertiary/aromatic N) is 1. The summed E-state index contributed by atoms with van der Waals surface area (Å²) in [5.74, 6) is 5.79. The average Bonchev–Trinajstić information content (AvgIpc) is 1.91. The highest BCUT2D eigenvalue weighted by Crippen LogP contribution is 1.89. The van der Waals surface area contributed by atoms with E-state index in [9.17, 15) is 0 Å². The molecule has 4 heteroatoms. The molecule has 1 aliphatic rings. The number of nitrogens with one attached hydrogen (secondary N) is 1. The zero-order valence-electron chi connectivity index (χ0n) is 3.89. The summed E-state index contributed by atoms with van der Waals surface area (Å²) in [7, 11) is 0. The maximum absolute atomic E-state index is 5.28. The number of nitrogens with two attached hydrogens (primary N) is 2. The molecular formula is C3H8N4. The molecule has 1 rings (SSSR count). The third kappa shape index (κ3) is 0.652. The SMILES string of the molecule is NC1=CCNN1N. The van der Waals surface area contributed by atoms with E-state index in [1.54, 1.807) is 6.08 Å². The number of rotatable bonds is 0. The van der Waals surface area contributed by atoms with E-state index in [1.165, 1.54) is 5.12 Å². The van der Waals surface area contributed by atoms with Gasteiger partial charge in [0.2, 0.25) is 0 Å². The quantitative estimate of drug-likeness (QED) is 0.323. The summed E-state index contributed by atoms with van der Waals surface area (Å²) in [4.78, 5) is 0. The molecule has 0 spiro atoms. The molecule has 0 aromatic heterocycles. The fourth-order valence-corrected chi connectivity index (χ4v) is 0.438. The van der Waals surface area contributed by atoms with Gasteiger partial charge >= 0.3 is 0 Å². The van der Waals surface area contributed by atoms with Crippen LogP contribution in [0.4, 0.5) is 0 Å². The van der Waals surface area contributed by atoms with Gasteiger partial charge in [0.1, 0.15) is 5.82 Å². The Hall–Kier alpha value is -0.740. The Bertz CT molecular complexity index is 97.1. The van der Waals surface area contributed by atoms with Crippen molar-refractivity contribution in [2.75, 3.05) is 6.54 Å². The van der Waals surface area contributed by atoms with E-state index in [4.69, 9.17) is 11.6 Å². The van der Waals surface area contributed by atoms with E-state index in [0.717, 1.165) is 6.54 Å². The van der Waals surface area contributed by atoms with Crippen LogP contribution in [0.1, 0.15) is 0 Å². The molecule has 5 N–H and O–H groups in total. The minimum Gasteiger partial charge on any atom is -0.383 e. The molecule has 0 saturated heterocycles. The summed E-state index contributed by atoms with van der Waals surface area (Å²) in [6, 6.07) is 0. The van der Waals surface area contributed by atoms with E-state index < -0.39 is 0 Å². The Kier molecular flexibility index (Phi) is 0.883. The van der Waals surface area contributed by atoms with Gasteiger partial charge in [-0.1, -0.05) is 0 Å². The van der Waals surface area contributed by atoms with Gasteiger partial charge in [-0.15, -0.1) is 0 Å². The lowest BCUT2D eigenvalue weighted by Gasteiger charge is -2.09. The van der Waals surface area contributed by atoms with Crippen LogP contribution in [0.15, 0.2) is 11.9 Å². The predicted molar refractivity (Wildman–Crippen MR) is 26.3 cm³/mol. The molecule has 7 heavy (non-hydrogen) atoms. The summed E-state index contributed by atoms with van der Waals surface area (Å²) in [5.41, 5.74) is 8.04. The molecule has 0 aliphatic carbocycles. The van der Waals surface area contributed by atoms with E-state index in [1.807, 2.05) is 0 Å². The maximum Gasteiger partial charge on any atom is 0.127 e. The summed E-state index contributed by atoms with van der Waals surface area (Å²) in [6.07, 6.45) is 1.81. The van der Waals surface area contributed by atoms with Gasteiger partial charge in [-0.05, 0) is 6.08 Å². The first-order valence-electron chi connectivity index (χ1n) is 2.04. The molecular weight excluding hydrogens is 92.1 g/mol. The summed E-state index contributed by atoms with van der Waals surface area (Å²) < 4.78 is 0. The second-order valence-corrected chi connectivity index (χ2v) is 1.36. The fraction of sp³-hybridized carbons (Fsp3) is 0.333. The Morgan fingerprint density at radius 3 is 2.71 bits per heavy atom. The number of hydrogen-bond acceptors (Lipinski definition) is 4. The summed E-state index contributed by atoms with van der Waals surface area (Å²) in [6.45, 7) is 0.738. The van der Waals surface area contributed by atoms with Crippen LogP contribution < -0.4 is 17.0 Å². The molecule has 0 fully saturated rings. The van der Waals surface area contributed by atoms with Crippen molar-refractivity contribution < 1.29 is 0 Å². The molecule has 0 aromatic rings. The van der Waals surface area contributed by atoms with Crippen LogP contribution in [0.5, 0.6) is 0 Å². The highest BCUT2D eigenvalue weighted by Gasteiger charge is 2.03. The van der Waals surface area contributed by atoms with Crippen molar-refractivity contribution in [3.05, 3.63) is 11.9 Å². The predicted octanol–water partition coefficient (Wildman–Crippen LogP) is -1.52. The van der Waals surface area contributed by atoms with E-state index in [-0.39, 0.29) is 0 Å². The average molecular weight is 100 g/mol. The van der Waals surface area contributed by atoms with Gasteiger partial charge in [-0.3, -0.25) is 0 Å². The molecule has 40 valence electrons. The van der Waals surface area contributed by atoms with Crippen LogP contribution in [0, 0.1) is 0 Å². The van der Waals surface area contributed by atoms with Gasteiger partial charge < -0.3 is 5.73 Å². The largest absolute Gasteiger partial charge is 0.383 e. The highest BCUT2D eigenvalue weighted by atomic mass is 15.7. The molecule has 0 amide bonds. The lowest BCUT2D eigenvalue weighted by atomic mass is 10.6. The lowest BCUT2D eigenvalue weighted by Crippen LogP contribution is -2.40. The zero-order valence-corrected chi connectivity index (χ0v) is 3.89. The van der Waals surface area contributed by atoms with E-state index in [0.29, 0.717) is 5.82 Å². The number of hydrogen-bond donors (Lipinski definition) is 3. The second kappa shape index (κ2) is 1.40. The van der Waals surface area contributed by atoms with Crippen LogP contribution in [0.2, 0.25) is 0 Å². The standard InChI is InChI=1S/C3H8N4/c4-3-1-2-6-7(3)5/h1,6H,2,4-5H2. The molecule has 0 unspecified atom stereocenters. The third-order valence-electron chi connectivity index (χ3n) is 0.851. The smallest absolute Gasteiger partial charge is 0.127 e. The normalized spacial score (nSPS) is 20.1. The molecule has 0 aromatic carbocycles. The Labute approximate surface area is 41.7 Å². The van der Waals surface area contributed by atoms with Crippen molar-refractivity contribution in [2.45, 2.75) is 0 Å². The monoisotopic (exact) mass is 100 g/mol. The Balaban J connectivity index is 2.54. The molecule has 0 radical (unpaired) electrons. The van der Waals surface area contributed by atoms with Crippen LogP contribution >= 0.6 is 0 Å². The van der Waals surface area contributed by atoms with Gasteiger partial charge in [0.05, 0.1) is 0 Å². The van der Waals surface area contributed by atoms with Crippen LogP contribution in [-0.4, -0.2) is 11.7 Å². The van der Waals surface area contributed by atoms with Crippen molar-refractivity contribution in [3.8, 4) is 0 Å². The maximum atomic E-state index is 5.28. The fourth-order valence-electron chi connectivity index (χ4n) is 0.438. The minimum atomic E-state index is 0.583. The molecule has 0 saturated carbocycles. The van der Waals surface area contributed by atoms with Gasteiger partial charge in [-0.2, -0.15) is 0 Å². The molecule has 0 bridgehead atoms. The van der Waals surface area contributed by atoms with Crippen molar-refractivity contribution in [1.29, 1.82) is 0 Å². The molecule has 1 aliphatic heterocycles. The van der Waals surface area contributed by atoms with E-state index >= 15 is 0 Å². The third-order valence-corrected chi connectivity index (χ3v) is 0.851. The van der Waals surface area contributed by atoms with Crippen molar-refractivity contribution in [3.63, 3.8) is 0 Å². The topological polar surface area (TPSA) is 67.3 Å². The van der Waals surface area contributed by atoms with Crippen molar-refractivity contribution >= 4 is 0 Å². The summed E-state index contributed by atoms with van der Waals surface area (Å²) in [5, 5.41) is 1.29. The Morgan fingerprint density at radius 2 is 2.57 bits per heavy atom. The molecule has 4 nitrogen and oxygen atoms in total. The van der Waals surface area contributed by atoms with Gasteiger partial charge in [-0.25, -0.2) is 16.4 Å². The lowest BCUT2D eigenvalue weighted by molar-refractivity contribution is 0.289. The summed E-state index contributed by atoms with van der Waals surface area (Å²) >= 11 is 0. The number of hydrazine groups is 2. The van der Waals surface area contributed by atoms with Crippen LogP contribution in [0.25, 0.3) is 0 Å². The zero-order chi connectivity index (χ0) is 5.28. The first-order chi connectivity index (χ1) is 3.30. The van der Waals surface area contributed by atoms with Crippen molar-refractivity contribution in [2.24, 2.45) is 11.6 Å². The minimum absolute atomic E-state index is 0.583. The van der Waals surface area contributed by atoms with Crippen molar-refractivity contribution in [1.82, 2.24) is 10.5 Å². The van der Waals surface area contributed by atoms with Gasteiger partial charge in [0, 0.05) is 6.54 Å². The van der Waals surface area contributed by atoms with E-state index in [2.05, 4.69) is 5.43 Å². The first-order valence-corrected chi connectivity index (χ1v) is 2.04. The van der Waals surface area contributed by atoms with Gasteiger partial charge in [0.25, 0.3) is 0 Å². The highest BCUT2D eigenvalue weighted by molar-refractivity contribution is 4.98. The van der Waals surface area contributed by atoms with Gasteiger partial charge in [0.15, 0.2) is 0 Å². The van der Waals surface area contributed by atoms with Crippen LogP contribution in [0.3, 0.4) is 0 Å². The first kappa shape index (κ1) is 4.42. The molecule has 0 atom stereocenters. The molecule has 1 heterocycles. The van der Waals surface area contributed by atoms with Crippen LogP contribution in [-0.2, 0) is 0 Å². The Morgan fingerprint density at radius 1 is 1.86 bits per heavy atom. The second-order valence-electron chi connectivity index (χ2n) is 1.36.